The van der Waals surface area contributed by atoms with E-state index in [0.29, 0.717) is 22.7 Å². The maximum Gasteiger partial charge on any atom is 0.269 e. The van der Waals surface area contributed by atoms with Crippen LogP contribution in [0.25, 0.3) is 0 Å². The minimum atomic E-state index is -0.474. The lowest BCUT2D eigenvalue weighted by Crippen LogP contribution is -2.14. The van der Waals surface area contributed by atoms with Crippen LogP contribution in [0.1, 0.15) is 5.56 Å². The second-order valence-corrected chi connectivity index (χ2v) is 5.46. The molecule has 7 heteroatoms. The quantitative estimate of drug-likeness (QED) is 0.537. The average molecular weight is 349 g/mol. The van der Waals surface area contributed by atoms with Gasteiger partial charge in [-0.2, -0.15) is 0 Å². The maximum atomic E-state index is 12.2. The second kappa shape index (κ2) is 7.89. The highest BCUT2D eigenvalue weighted by Gasteiger charge is 2.08. The lowest BCUT2D eigenvalue weighted by atomic mass is 10.1. The molecule has 1 heterocycles. The van der Waals surface area contributed by atoms with Gasteiger partial charge in [-0.15, -0.1) is 0 Å². The summed E-state index contributed by atoms with van der Waals surface area (Å²) in [6.07, 6.45) is 3.38. The van der Waals surface area contributed by atoms with E-state index in [1.807, 2.05) is 0 Å². The molecule has 0 spiro atoms. The second-order valence-electron chi connectivity index (χ2n) is 5.46. The van der Waals surface area contributed by atoms with Crippen LogP contribution < -0.4 is 10.1 Å². The molecule has 0 aliphatic rings. The fourth-order valence-electron chi connectivity index (χ4n) is 2.31. The Bertz CT molecular complexity index is 912. The molecule has 0 fully saturated rings. The molecule has 0 saturated heterocycles. The summed E-state index contributed by atoms with van der Waals surface area (Å²) in [5.41, 5.74) is 1.29. The molecule has 0 saturated carbocycles. The van der Waals surface area contributed by atoms with Crippen molar-refractivity contribution in [3.63, 3.8) is 0 Å². The Balaban J connectivity index is 1.62. The summed E-state index contributed by atoms with van der Waals surface area (Å²) in [7, 11) is 0. The molecule has 2 aromatic carbocycles. The molecule has 0 radical (unpaired) electrons. The zero-order chi connectivity index (χ0) is 18.4. The zero-order valence-corrected chi connectivity index (χ0v) is 13.7. The van der Waals surface area contributed by atoms with Gasteiger partial charge in [-0.1, -0.05) is 18.2 Å². The predicted molar refractivity (Wildman–Crippen MR) is 96.2 cm³/mol. The first-order valence-electron chi connectivity index (χ1n) is 7.81. The normalized spacial score (nSPS) is 10.2. The highest BCUT2D eigenvalue weighted by atomic mass is 16.6. The fraction of sp³-hybridized carbons (Fsp3) is 0.0526. The van der Waals surface area contributed by atoms with Gasteiger partial charge in [0.1, 0.15) is 11.5 Å². The van der Waals surface area contributed by atoms with Crippen LogP contribution in [0.3, 0.4) is 0 Å². The van der Waals surface area contributed by atoms with Crippen LogP contribution >= 0.6 is 0 Å². The van der Waals surface area contributed by atoms with Crippen LogP contribution in [-0.2, 0) is 11.2 Å². The lowest BCUT2D eigenvalue weighted by Gasteiger charge is -2.09. The van der Waals surface area contributed by atoms with E-state index in [2.05, 4.69) is 10.3 Å². The number of amides is 1. The summed E-state index contributed by atoms with van der Waals surface area (Å²) >= 11 is 0. The Morgan fingerprint density at radius 2 is 1.77 bits per heavy atom. The van der Waals surface area contributed by atoms with Gasteiger partial charge in [-0.25, -0.2) is 0 Å². The summed E-state index contributed by atoms with van der Waals surface area (Å²) in [6, 6.07) is 16.4. The Hall–Kier alpha value is -3.74. The number of rotatable bonds is 6. The van der Waals surface area contributed by atoms with Gasteiger partial charge in [0.25, 0.3) is 5.69 Å². The van der Waals surface area contributed by atoms with Crippen molar-refractivity contribution >= 4 is 17.3 Å². The summed E-state index contributed by atoms with van der Waals surface area (Å²) < 4.78 is 5.70. The van der Waals surface area contributed by atoms with Crippen LogP contribution in [0.15, 0.2) is 73.1 Å². The number of nitrogens with zero attached hydrogens (tertiary/aromatic N) is 2. The molecule has 3 aromatic rings. The molecule has 26 heavy (non-hydrogen) atoms. The van der Waals surface area contributed by atoms with Crippen molar-refractivity contribution in [3.8, 4) is 11.5 Å². The van der Waals surface area contributed by atoms with Crippen molar-refractivity contribution in [2.45, 2.75) is 6.42 Å². The first kappa shape index (κ1) is 17.1. The predicted octanol–water partition coefficient (Wildman–Crippen LogP) is 3.96. The monoisotopic (exact) mass is 349 g/mol. The van der Waals surface area contributed by atoms with Gasteiger partial charge in [-0.05, 0) is 29.8 Å². The highest BCUT2D eigenvalue weighted by Crippen LogP contribution is 2.23. The summed E-state index contributed by atoms with van der Waals surface area (Å²) in [4.78, 5) is 26.3. The molecule has 0 atom stereocenters. The number of nitrogens with one attached hydrogen (secondary N) is 1. The third kappa shape index (κ3) is 4.64. The molecule has 0 aliphatic carbocycles. The van der Waals surface area contributed by atoms with Gasteiger partial charge in [0.2, 0.25) is 5.91 Å². The van der Waals surface area contributed by atoms with Crippen LogP contribution in [0.5, 0.6) is 11.5 Å². The Kier molecular flexibility index (Phi) is 5.19. The number of ether oxygens (including phenoxy) is 1. The molecule has 0 bridgehead atoms. The Morgan fingerprint density at radius 1 is 1.04 bits per heavy atom. The van der Waals surface area contributed by atoms with Crippen molar-refractivity contribution in [3.05, 3.63) is 88.7 Å². The van der Waals surface area contributed by atoms with Crippen molar-refractivity contribution in [1.82, 2.24) is 4.98 Å². The molecule has 7 nitrogen and oxygen atoms in total. The maximum absolute atomic E-state index is 12.2. The van der Waals surface area contributed by atoms with E-state index in [-0.39, 0.29) is 18.0 Å². The topological polar surface area (TPSA) is 94.4 Å². The molecule has 0 unspecified atom stereocenters. The number of non-ortho nitro benzene ring substituents is 1. The minimum Gasteiger partial charge on any atom is -0.457 e. The molecular weight excluding hydrogens is 334 g/mol. The van der Waals surface area contributed by atoms with E-state index < -0.39 is 4.92 Å². The standard InChI is InChI=1S/C19H15N3O4/c23-19(12-14-4-6-16(7-5-14)22(24)25)21-15-2-1-3-18(13-15)26-17-8-10-20-11-9-17/h1-11,13H,12H2,(H,21,23). The van der Waals surface area contributed by atoms with Gasteiger partial charge >= 0.3 is 0 Å². The van der Waals surface area contributed by atoms with E-state index in [1.165, 1.54) is 12.1 Å². The number of anilines is 1. The largest absolute Gasteiger partial charge is 0.457 e. The van der Waals surface area contributed by atoms with Crippen molar-refractivity contribution < 1.29 is 14.5 Å². The Morgan fingerprint density at radius 3 is 2.46 bits per heavy atom. The van der Waals surface area contributed by atoms with Gasteiger partial charge in [0.15, 0.2) is 0 Å². The van der Waals surface area contributed by atoms with Crippen molar-refractivity contribution in [2.75, 3.05) is 5.32 Å². The smallest absolute Gasteiger partial charge is 0.269 e. The van der Waals surface area contributed by atoms with Crippen molar-refractivity contribution in [2.24, 2.45) is 0 Å². The van der Waals surface area contributed by atoms with Crippen LogP contribution in [0.2, 0.25) is 0 Å². The van der Waals surface area contributed by atoms with Gasteiger partial charge in [0, 0.05) is 36.3 Å². The molecule has 1 amide bonds. The SMILES string of the molecule is O=C(Cc1ccc([N+](=O)[O-])cc1)Nc1cccc(Oc2ccncc2)c1. The van der Waals surface area contributed by atoms with E-state index in [4.69, 9.17) is 4.74 Å². The van der Waals surface area contributed by atoms with E-state index in [0.717, 1.165) is 0 Å². The van der Waals surface area contributed by atoms with E-state index in [1.54, 1.807) is 60.9 Å². The average Bonchev–Trinajstić information content (AvgIpc) is 2.63. The van der Waals surface area contributed by atoms with Crippen LogP contribution in [0, 0.1) is 10.1 Å². The molecule has 0 aliphatic heterocycles. The van der Waals surface area contributed by atoms with Crippen LogP contribution in [0.4, 0.5) is 11.4 Å². The zero-order valence-electron chi connectivity index (χ0n) is 13.7. The van der Waals surface area contributed by atoms with Gasteiger partial charge in [0.05, 0.1) is 11.3 Å². The number of nitro groups is 1. The van der Waals surface area contributed by atoms with Gasteiger partial charge in [-0.3, -0.25) is 19.9 Å². The van der Waals surface area contributed by atoms with E-state index >= 15 is 0 Å². The first-order chi connectivity index (χ1) is 12.6. The molecule has 1 aromatic heterocycles. The number of hydrogen-bond acceptors (Lipinski definition) is 5. The summed E-state index contributed by atoms with van der Waals surface area (Å²) in [6.45, 7) is 0. The third-order valence-corrected chi connectivity index (χ3v) is 3.52. The van der Waals surface area contributed by atoms with Crippen LogP contribution in [-0.4, -0.2) is 15.8 Å². The number of carbonyl (C=O) groups is 1. The summed E-state index contributed by atoms with van der Waals surface area (Å²) in [5.74, 6) is 1.01. The highest BCUT2D eigenvalue weighted by molar-refractivity contribution is 5.92. The van der Waals surface area contributed by atoms with Gasteiger partial charge < -0.3 is 10.1 Å². The summed E-state index contributed by atoms with van der Waals surface area (Å²) in [5, 5.41) is 13.4. The van der Waals surface area contributed by atoms with Crippen molar-refractivity contribution in [1.29, 1.82) is 0 Å². The number of pyridine rings is 1. The third-order valence-electron chi connectivity index (χ3n) is 3.52. The molecule has 130 valence electrons. The molecular formula is C19H15N3O4. The minimum absolute atomic E-state index is 0.00452. The first-order valence-corrected chi connectivity index (χ1v) is 7.81. The Labute approximate surface area is 149 Å². The number of aromatic nitrogens is 1. The molecule has 1 N–H and O–H groups in total. The number of carbonyl (C=O) groups excluding carboxylic acids is 1. The number of hydrogen-bond donors (Lipinski definition) is 1. The fourth-order valence-corrected chi connectivity index (χ4v) is 2.31. The number of nitro benzene ring substituents is 1. The molecule has 3 rings (SSSR count). The lowest BCUT2D eigenvalue weighted by molar-refractivity contribution is -0.384. The van der Waals surface area contributed by atoms with E-state index in [9.17, 15) is 14.9 Å². The number of benzene rings is 2.